The molecule has 404 valence electrons. The zero-order valence-corrected chi connectivity index (χ0v) is 50.1. The highest BCUT2D eigenvalue weighted by Gasteiger charge is 2.59. The number of hydrogen-bond acceptors (Lipinski definition) is 4. The Balaban J connectivity index is 1.20. The Morgan fingerprint density at radius 3 is 1.66 bits per heavy atom. The van der Waals surface area contributed by atoms with Crippen molar-refractivity contribution in [1.29, 1.82) is 0 Å². The van der Waals surface area contributed by atoms with Crippen molar-refractivity contribution < 1.29 is 4.74 Å². The number of ether oxygens (including phenoxy) is 1. The molecule has 1 atom stereocenters. The lowest BCUT2D eigenvalue weighted by atomic mass is 9.66. The van der Waals surface area contributed by atoms with E-state index >= 15 is 0 Å². The summed E-state index contributed by atoms with van der Waals surface area (Å²) in [5.41, 5.74) is 18.2. The monoisotopic (exact) mass is 1040 g/mol. The number of fused-ring (bicyclic) bond motifs is 5. The molecule has 11 rings (SSSR count). The first-order chi connectivity index (χ1) is 37.4. The van der Waals surface area contributed by atoms with Crippen LogP contribution in [0, 0.1) is 6.92 Å². The molecule has 5 heteroatoms. The Labute approximate surface area is 471 Å². The fraction of sp³-hybridized carbons (Fsp3) is 0.351. The van der Waals surface area contributed by atoms with Crippen molar-refractivity contribution in [2.45, 2.75) is 169 Å². The number of rotatable bonds is 12. The molecule has 5 nitrogen and oxygen atoms in total. The van der Waals surface area contributed by atoms with E-state index in [1.807, 2.05) is 6.20 Å². The van der Waals surface area contributed by atoms with Gasteiger partial charge in [-0.2, -0.15) is 0 Å². The third-order valence-corrected chi connectivity index (χ3v) is 18.1. The van der Waals surface area contributed by atoms with E-state index in [0.717, 1.165) is 45.4 Å². The topological polar surface area (TPSA) is 42.6 Å². The van der Waals surface area contributed by atoms with Crippen LogP contribution < -0.4 is 9.64 Å². The van der Waals surface area contributed by atoms with Gasteiger partial charge in [0, 0.05) is 45.5 Å². The average molecular weight is 1040 g/mol. The van der Waals surface area contributed by atoms with Crippen LogP contribution in [-0.4, -0.2) is 26.5 Å². The second kappa shape index (κ2) is 19.5. The molecule has 9 aromatic rings. The molecule has 0 spiro atoms. The summed E-state index contributed by atoms with van der Waals surface area (Å²) < 4.78 is 9.99. The molecule has 0 saturated carbocycles. The molecule has 0 aliphatic carbocycles. The van der Waals surface area contributed by atoms with Crippen molar-refractivity contribution in [3.63, 3.8) is 0 Å². The number of aliphatic imine (C=N–C) groups is 1. The number of benzene rings is 7. The largest absolute Gasteiger partial charge is 0.457 e. The Morgan fingerprint density at radius 1 is 0.544 bits per heavy atom. The summed E-state index contributed by atoms with van der Waals surface area (Å²) in [6.07, 6.45) is 1.94. The zero-order chi connectivity index (χ0) is 56.2. The summed E-state index contributed by atoms with van der Waals surface area (Å²) in [4.78, 5) is 14.0. The number of hydrogen-bond donors (Lipinski definition) is 0. The third kappa shape index (κ3) is 8.73. The first kappa shape index (κ1) is 53.7. The van der Waals surface area contributed by atoms with E-state index in [1.165, 1.54) is 77.6 Å². The average Bonchev–Trinajstić information content (AvgIpc) is 2.35. The molecular weight excluding hydrogens is 961 g/mol. The lowest BCUT2D eigenvalue weighted by molar-refractivity contribution is 0.279. The first-order valence-corrected chi connectivity index (χ1v) is 29.1. The molecule has 0 fully saturated rings. The van der Waals surface area contributed by atoms with Crippen molar-refractivity contribution in [2.75, 3.05) is 4.90 Å². The third-order valence-electron chi connectivity index (χ3n) is 18.1. The van der Waals surface area contributed by atoms with Crippen LogP contribution in [0.4, 0.5) is 5.69 Å². The number of aromatic nitrogens is 2. The van der Waals surface area contributed by atoms with Crippen molar-refractivity contribution >= 4 is 33.3 Å². The van der Waals surface area contributed by atoms with Crippen LogP contribution >= 0.6 is 0 Å². The minimum atomic E-state index is -0.625. The standard InChI is InChI=1S/C74H82N4O/c1-44(2)55-31-24-32-56(45(3)4)65(55)51-38-52(40-54(39-51)79-64-43-63-59(37-48(64)9)60-41-53(71(10,11)12)42-62-68(60)77(63)70-61(72(62,13)14)35-26-36-75-70)69-76-73(15,16)74(17,66(49-27-20-18-21-28-49)50-29-22-19-23-30-50)78(69)67-57(46(5)6)33-25-34-58(67)47(7)8/h18-47,66H,1-17H3/t74-/m0/s1. The van der Waals surface area contributed by atoms with E-state index in [0.29, 0.717) is 0 Å². The van der Waals surface area contributed by atoms with Gasteiger partial charge >= 0.3 is 0 Å². The maximum Gasteiger partial charge on any atom is 0.141 e. The molecule has 2 aliphatic rings. The van der Waals surface area contributed by atoms with Crippen LogP contribution in [-0.2, 0) is 10.8 Å². The fourth-order valence-corrected chi connectivity index (χ4v) is 13.5. The fourth-order valence-electron chi connectivity index (χ4n) is 13.5. The number of nitrogens with zero attached hydrogens (tertiary/aromatic N) is 4. The van der Waals surface area contributed by atoms with E-state index in [9.17, 15) is 0 Å². The second-order valence-corrected chi connectivity index (χ2v) is 26.4. The molecular formula is C74H82N4O. The van der Waals surface area contributed by atoms with Crippen molar-refractivity contribution in [2.24, 2.45) is 4.99 Å². The Morgan fingerprint density at radius 2 is 1.10 bits per heavy atom. The SMILES string of the molecule is Cc1cc2c3cc(C(C)(C)C)cc4c3n(c2cc1Oc1cc(C2=NC(C)(C)[C@](C)(C(c3ccccc3)c3ccccc3)N2c2c(C(C)C)cccc2C(C)C)cc(-c2c(C(C)C)cccc2C(C)C)c1)-c1ncccc1C4(C)C. The van der Waals surface area contributed by atoms with Crippen LogP contribution in [0.3, 0.4) is 0 Å². The van der Waals surface area contributed by atoms with Crippen LogP contribution in [0.2, 0.25) is 0 Å². The highest BCUT2D eigenvalue weighted by molar-refractivity contribution is 6.15. The second-order valence-electron chi connectivity index (χ2n) is 26.4. The van der Waals surface area contributed by atoms with Crippen LogP contribution in [0.25, 0.3) is 38.8 Å². The maximum atomic E-state index is 7.58. The number of aryl methyl sites for hydroxylation is 1. The predicted molar refractivity (Wildman–Crippen MR) is 335 cm³/mol. The van der Waals surface area contributed by atoms with Crippen molar-refractivity contribution in [3.8, 4) is 28.4 Å². The van der Waals surface area contributed by atoms with Gasteiger partial charge in [-0.1, -0.05) is 199 Å². The Bertz CT molecular complexity index is 3750. The minimum Gasteiger partial charge on any atom is -0.457 e. The molecule has 0 radical (unpaired) electrons. The van der Waals surface area contributed by atoms with E-state index in [4.69, 9.17) is 14.7 Å². The van der Waals surface area contributed by atoms with Gasteiger partial charge in [0.1, 0.15) is 23.2 Å². The van der Waals surface area contributed by atoms with E-state index < -0.39 is 11.1 Å². The van der Waals surface area contributed by atoms with Crippen molar-refractivity contribution in [3.05, 3.63) is 219 Å². The number of amidine groups is 1. The zero-order valence-electron chi connectivity index (χ0n) is 50.1. The quantitative estimate of drug-likeness (QED) is 0.122. The molecule has 4 heterocycles. The highest BCUT2D eigenvalue weighted by atomic mass is 16.5. The van der Waals surface area contributed by atoms with Gasteiger partial charge in [0.2, 0.25) is 0 Å². The smallest absolute Gasteiger partial charge is 0.141 e. The molecule has 2 aromatic heterocycles. The Hall–Kier alpha value is -7.24. The number of para-hydroxylation sites is 1. The van der Waals surface area contributed by atoms with Gasteiger partial charge in [-0.25, -0.2) is 4.98 Å². The molecule has 0 unspecified atom stereocenters. The van der Waals surface area contributed by atoms with Gasteiger partial charge < -0.3 is 9.64 Å². The van der Waals surface area contributed by atoms with Gasteiger partial charge in [-0.3, -0.25) is 9.56 Å². The summed E-state index contributed by atoms with van der Waals surface area (Å²) >= 11 is 0. The van der Waals surface area contributed by atoms with Crippen molar-refractivity contribution in [1.82, 2.24) is 9.55 Å². The molecule has 7 aromatic carbocycles. The summed E-state index contributed by atoms with van der Waals surface area (Å²) in [6.45, 7) is 39.7. The minimum absolute atomic E-state index is 0.0437. The lowest BCUT2D eigenvalue weighted by Gasteiger charge is -2.51. The van der Waals surface area contributed by atoms with Crippen LogP contribution in [0.15, 0.2) is 163 Å². The first-order valence-electron chi connectivity index (χ1n) is 29.1. The molecule has 0 amide bonds. The van der Waals surface area contributed by atoms with E-state index in [-0.39, 0.29) is 40.4 Å². The molecule has 0 bridgehead atoms. The summed E-state index contributed by atoms with van der Waals surface area (Å²) in [7, 11) is 0. The van der Waals surface area contributed by atoms with Gasteiger partial charge in [0.05, 0.1) is 27.8 Å². The lowest BCUT2D eigenvalue weighted by Crippen LogP contribution is -2.60. The molecule has 2 aliphatic heterocycles. The van der Waals surface area contributed by atoms with Gasteiger partial charge in [-0.05, 0) is 154 Å². The maximum absolute atomic E-state index is 7.58. The van der Waals surface area contributed by atoms with Gasteiger partial charge in [0.25, 0.3) is 0 Å². The summed E-state index contributed by atoms with van der Waals surface area (Å²) in [5.74, 6) is 4.48. The van der Waals surface area contributed by atoms with E-state index in [1.54, 1.807) is 0 Å². The summed E-state index contributed by atoms with van der Waals surface area (Å²) in [6, 6.07) is 57.1. The van der Waals surface area contributed by atoms with Gasteiger partial charge in [0.15, 0.2) is 0 Å². The number of pyridine rings is 1. The number of anilines is 1. The van der Waals surface area contributed by atoms with Crippen LogP contribution in [0.1, 0.15) is 202 Å². The normalized spacial score (nSPS) is 16.8. The van der Waals surface area contributed by atoms with Crippen LogP contribution in [0.5, 0.6) is 11.5 Å². The highest BCUT2D eigenvalue weighted by Crippen LogP contribution is 2.56. The van der Waals surface area contributed by atoms with Gasteiger partial charge in [-0.15, -0.1) is 0 Å². The summed E-state index contributed by atoms with van der Waals surface area (Å²) in [5, 5.41) is 2.46. The molecule has 0 saturated heterocycles. The van der Waals surface area contributed by atoms with E-state index in [2.05, 4.69) is 279 Å². The molecule has 0 N–H and O–H groups in total. The Kier molecular flexibility index (Phi) is 13.3. The predicted octanol–water partition coefficient (Wildman–Crippen LogP) is 20.0. The molecule has 79 heavy (non-hydrogen) atoms.